The molecule has 0 amide bonds. The molecule has 4 rings (SSSR count). The Labute approximate surface area is 162 Å². The lowest BCUT2D eigenvalue weighted by atomic mass is 9.97. The van der Waals surface area contributed by atoms with E-state index >= 15 is 0 Å². The van der Waals surface area contributed by atoms with Gasteiger partial charge in [0, 0.05) is 22.2 Å². The second-order valence-electron chi connectivity index (χ2n) is 6.13. The first-order valence-corrected chi connectivity index (χ1v) is 8.59. The number of benzene rings is 2. The Hall–Kier alpha value is -2.99. The van der Waals surface area contributed by atoms with Crippen LogP contribution in [0.3, 0.4) is 0 Å². The molecule has 28 heavy (non-hydrogen) atoms. The normalized spacial score (nSPS) is 11.8. The SMILES string of the molecule is Fc1ccc(-c2ccnc3nc(C(F)(F)F)ccc23)cc1-c1cccc(Cl)c1. The summed E-state index contributed by atoms with van der Waals surface area (Å²) in [4.78, 5) is 7.56. The molecule has 0 N–H and O–H groups in total. The number of alkyl halides is 3. The smallest absolute Gasteiger partial charge is 0.237 e. The Bertz CT molecular complexity index is 1190. The quantitative estimate of drug-likeness (QED) is 0.345. The van der Waals surface area contributed by atoms with Crippen molar-refractivity contribution in [3.05, 3.63) is 83.4 Å². The van der Waals surface area contributed by atoms with Gasteiger partial charge < -0.3 is 0 Å². The molecule has 2 heterocycles. The second-order valence-corrected chi connectivity index (χ2v) is 6.57. The van der Waals surface area contributed by atoms with Crippen molar-refractivity contribution in [2.24, 2.45) is 0 Å². The average molecular weight is 403 g/mol. The summed E-state index contributed by atoms with van der Waals surface area (Å²) in [6, 6.07) is 15.2. The predicted molar refractivity (Wildman–Crippen MR) is 100 cm³/mol. The van der Waals surface area contributed by atoms with Gasteiger partial charge in [0.1, 0.15) is 11.5 Å². The highest BCUT2D eigenvalue weighted by atomic mass is 35.5. The monoisotopic (exact) mass is 402 g/mol. The molecule has 0 aliphatic heterocycles. The van der Waals surface area contributed by atoms with Gasteiger partial charge in [-0.15, -0.1) is 0 Å². The second kappa shape index (κ2) is 6.87. The van der Waals surface area contributed by atoms with E-state index in [1.54, 1.807) is 42.5 Å². The summed E-state index contributed by atoms with van der Waals surface area (Å²) < 4.78 is 53.2. The molecule has 0 saturated heterocycles. The zero-order valence-electron chi connectivity index (χ0n) is 14.1. The Morgan fingerprint density at radius 3 is 2.36 bits per heavy atom. The van der Waals surface area contributed by atoms with Crippen molar-refractivity contribution in [1.82, 2.24) is 9.97 Å². The van der Waals surface area contributed by atoms with Gasteiger partial charge in [0.15, 0.2) is 5.65 Å². The van der Waals surface area contributed by atoms with E-state index in [-0.39, 0.29) is 5.65 Å². The van der Waals surface area contributed by atoms with Crippen LogP contribution in [0.25, 0.3) is 33.3 Å². The lowest BCUT2D eigenvalue weighted by Gasteiger charge is -2.11. The van der Waals surface area contributed by atoms with Crippen molar-refractivity contribution in [1.29, 1.82) is 0 Å². The van der Waals surface area contributed by atoms with Crippen molar-refractivity contribution in [3.63, 3.8) is 0 Å². The number of fused-ring (bicyclic) bond motifs is 1. The van der Waals surface area contributed by atoms with Gasteiger partial charge in [0.25, 0.3) is 0 Å². The van der Waals surface area contributed by atoms with Gasteiger partial charge in [0.05, 0.1) is 0 Å². The molecule has 2 aromatic carbocycles. The Morgan fingerprint density at radius 1 is 0.821 bits per heavy atom. The molecule has 0 atom stereocenters. The molecule has 0 unspecified atom stereocenters. The van der Waals surface area contributed by atoms with E-state index in [9.17, 15) is 17.6 Å². The summed E-state index contributed by atoms with van der Waals surface area (Å²) in [6.07, 6.45) is -3.17. The first-order valence-electron chi connectivity index (χ1n) is 8.22. The molecular weight excluding hydrogens is 392 g/mol. The van der Waals surface area contributed by atoms with Crippen LogP contribution in [0, 0.1) is 5.82 Å². The molecule has 0 bridgehead atoms. The van der Waals surface area contributed by atoms with Crippen molar-refractivity contribution < 1.29 is 17.6 Å². The minimum absolute atomic E-state index is 0.0269. The summed E-state index contributed by atoms with van der Waals surface area (Å²) in [7, 11) is 0. The molecule has 2 aromatic heterocycles. The molecule has 0 aliphatic carbocycles. The van der Waals surface area contributed by atoms with Crippen molar-refractivity contribution >= 4 is 22.6 Å². The van der Waals surface area contributed by atoms with Gasteiger partial charge in [-0.25, -0.2) is 14.4 Å². The lowest BCUT2D eigenvalue weighted by molar-refractivity contribution is -0.141. The third-order valence-electron chi connectivity index (χ3n) is 4.31. The molecule has 0 spiro atoms. The zero-order valence-corrected chi connectivity index (χ0v) is 14.9. The number of halogens is 5. The maximum absolute atomic E-state index is 14.4. The summed E-state index contributed by atoms with van der Waals surface area (Å²) in [5.41, 5.74) is 1.14. The first kappa shape index (κ1) is 18.4. The van der Waals surface area contributed by atoms with Gasteiger partial charge in [-0.2, -0.15) is 13.2 Å². The topological polar surface area (TPSA) is 25.8 Å². The van der Waals surface area contributed by atoms with Gasteiger partial charge in [-0.05, 0) is 59.2 Å². The molecule has 140 valence electrons. The van der Waals surface area contributed by atoms with E-state index < -0.39 is 17.7 Å². The fraction of sp³-hybridized carbons (Fsp3) is 0.0476. The molecule has 0 fully saturated rings. The summed E-state index contributed by atoms with van der Waals surface area (Å²) in [5.74, 6) is -0.429. The number of aromatic nitrogens is 2. The fourth-order valence-corrected chi connectivity index (χ4v) is 3.20. The highest BCUT2D eigenvalue weighted by molar-refractivity contribution is 6.30. The van der Waals surface area contributed by atoms with Crippen LogP contribution in [0.15, 0.2) is 66.9 Å². The highest BCUT2D eigenvalue weighted by Gasteiger charge is 2.32. The number of hydrogen-bond acceptors (Lipinski definition) is 2. The minimum Gasteiger partial charge on any atom is -0.237 e. The van der Waals surface area contributed by atoms with Crippen molar-refractivity contribution in [2.75, 3.05) is 0 Å². The average Bonchev–Trinajstić information content (AvgIpc) is 2.67. The van der Waals surface area contributed by atoms with Crippen molar-refractivity contribution in [3.8, 4) is 22.3 Å². The molecule has 2 nitrogen and oxygen atoms in total. The van der Waals surface area contributed by atoms with Crippen LogP contribution in [-0.2, 0) is 6.18 Å². The maximum Gasteiger partial charge on any atom is 0.433 e. The molecule has 0 saturated carbocycles. The van der Waals surface area contributed by atoms with E-state index in [0.29, 0.717) is 32.7 Å². The van der Waals surface area contributed by atoms with Crippen LogP contribution in [-0.4, -0.2) is 9.97 Å². The van der Waals surface area contributed by atoms with Gasteiger partial charge >= 0.3 is 6.18 Å². The van der Waals surface area contributed by atoms with Gasteiger partial charge in [-0.3, -0.25) is 0 Å². The van der Waals surface area contributed by atoms with Crippen LogP contribution < -0.4 is 0 Å². The van der Waals surface area contributed by atoms with Crippen LogP contribution in [0.1, 0.15) is 5.69 Å². The highest BCUT2D eigenvalue weighted by Crippen LogP contribution is 2.34. The van der Waals surface area contributed by atoms with E-state index in [1.807, 2.05) is 0 Å². The van der Waals surface area contributed by atoms with E-state index in [1.165, 1.54) is 18.3 Å². The summed E-state index contributed by atoms with van der Waals surface area (Å²) in [5, 5.41) is 0.916. The Morgan fingerprint density at radius 2 is 1.61 bits per heavy atom. The van der Waals surface area contributed by atoms with Crippen molar-refractivity contribution in [2.45, 2.75) is 6.18 Å². The fourth-order valence-electron chi connectivity index (χ4n) is 3.01. The first-order chi connectivity index (χ1) is 13.3. The van der Waals surface area contributed by atoms with Gasteiger partial charge in [-0.1, -0.05) is 29.8 Å². The molecule has 4 aromatic rings. The number of hydrogen-bond donors (Lipinski definition) is 0. The minimum atomic E-state index is -4.55. The maximum atomic E-state index is 14.4. The molecule has 0 aliphatic rings. The van der Waals surface area contributed by atoms with Crippen LogP contribution in [0.2, 0.25) is 5.02 Å². The summed E-state index contributed by atoms with van der Waals surface area (Å²) in [6.45, 7) is 0. The molecular formula is C21H11ClF4N2. The summed E-state index contributed by atoms with van der Waals surface area (Å²) >= 11 is 6.00. The van der Waals surface area contributed by atoms with E-state index in [4.69, 9.17) is 11.6 Å². The third-order valence-corrected chi connectivity index (χ3v) is 4.54. The number of pyridine rings is 2. The molecule has 0 radical (unpaired) electrons. The third kappa shape index (κ3) is 3.43. The predicted octanol–water partition coefficient (Wildman–Crippen LogP) is 6.78. The Balaban J connectivity index is 1.88. The van der Waals surface area contributed by atoms with E-state index in [0.717, 1.165) is 6.07 Å². The standard InChI is InChI=1S/C21H11ClF4N2/c22-14-3-1-2-12(10-14)17-11-13(4-6-18(17)23)15-8-9-27-20-16(15)5-7-19(28-20)21(24,25)26/h1-11H. The van der Waals surface area contributed by atoms with Crippen LogP contribution >= 0.6 is 11.6 Å². The Kier molecular flexibility index (Phi) is 4.51. The van der Waals surface area contributed by atoms with Gasteiger partial charge in [0.2, 0.25) is 0 Å². The van der Waals surface area contributed by atoms with Crippen LogP contribution in [0.5, 0.6) is 0 Å². The lowest BCUT2D eigenvalue weighted by Crippen LogP contribution is -2.08. The zero-order chi connectivity index (χ0) is 19.9. The van der Waals surface area contributed by atoms with Crippen LogP contribution in [0.4, 0.5) is 17.6 Å². The molecule has 7 heteroatoms. The number of nitrogens with zero attached hydrogens (tertiary/aromatic N) is 2. The number of rotatable bonds is 2. The van der Waals surface area contributed by atoms with E-state index in [2.05, 4.69) is 9.97 Å². The largest absolute Gasteiger partial charge is 0.433 e.